The predicted molar refractivity (Wildman–Crippen MR) is 59.5 cm³/mol. The van der Waals surface area contributed by atoms with E-state index in [1.165, 1.54) is 0 Å². The molecule has 0 fully saturated rings. The predicted octanol–water partition coefficient (Wildman–Crippen LogP) is 1.50. The van der Waals surface area contributed by atoms with Crippen LogP contribution in [0, 0.1) is 6.92 Å². The molecule has 1 N–H and O–H groups in total. The third-order valence-electron chi connectivity index (χ3n) is 2.33. The highest BCUT2D eigenvalue weighted by molar-refractivity contribution is 5.75. The molecule has 0 aliphatic carbocycles. The van der Waals surface area contributed by atoms with E-state index >= 15 is 0 Å². The standard InChI is InChI=1S/C11H19N3O/c1-3-4-7-12-11(15)6-9-14-10(2)5-8-13-14/h5,8H,3-4,6-7,9H2,1-2H3,(H,12,15). The molecule has 0 aliphatic rings. The summed E-state index contributed by atoms with van der Waals surface area (Å²) in [5.41, 5.74) is 1.09. The van der Waals surface area contributed by atoms with Gasteiger partial charge in [-0.15, -0.1) is 0 Å². The summed E-state index contributed by atoms with van der Waals surface area (Å²) in [6, 6.07) is 1.94. The number of rotatable bonds is 6. The summed E-state index contributed by atoms with van der Waals surface area (Å²) >= 11 is 0. The van der Waals surface area contributed by atoms with E-state index in [0.29, 0.717) is 13.0 Å². The first-order valence-electron chi connectivity index (χ1n) is 5.49. The molecule has 15 heavy (non-hydrogen) atoms. The van der Waals surface area contributed by atoms with Crippen LogP contribution in [0.3, 0.4) is 0 Å². The smallest absolute Gasteiger partial charge is 0.221 e. The molecule has 0 saturated carbocycles. The Hall–Kier alpha value is -1.32. The van der Waals surface area contributed by atoms with Crippen LogP contribution in [0.2, 0.25) is 0 Å². The molecule has 0 bridgehead atoms. The van der Waals surface area contributed by atoms with Crippen LogP contribution >= 0.6 is 0 Å². The van der Waals surface area contributed by atoms with Crippen molar-refractivity contribution in [2.24, 2.45) is 0 Å². The lowest BCUT2D eigenvalue weighted by Gasteiger charge is -2.05. The molecule has 0 saturated heterocycles. The molecule has 4 nitrogen and oxygen atoms in total. The fourth-order valence-electron chi connectivity index (χ4n) is 1.33. The van der Waals surface area contributed by atoms with E-state index in [1.807, 2.05) is 17.7 Å². The molecular formula is C11H19N3O. The number of hydrogen-bond donors (Lipinski definition) is 1. The van der Waals surface area contributed by atoms with Crippen molar-refractivity contribution < 1.29 is 4.79 Å². The van der Waals surface area contributed by atoms with Gasteiger partial charge >= 0.3 is 0 Å². The minimum absolute atomic E-state index is 0.110. The number of amides is 1. The van der Waals surface area contributed by atoms with Crippen LogP contribution in [-0.4, -0.2) is 22.2 Å². The van der Waals surface area contributed by atoms with Crippen LogP contribution in [-0.2, 0) is 11.3 Å². The Morgan fingerprint density at radius 1 is 1.60 bits per heavy atom. The number of carbonyl (C=O) groups is 1. The Morgan fingerprint density at radius 2 is 2.40 bits per heavy atom. The lowest BCUT2D eigenvalue weighted by atomic mass is 10.3. The Bertz CT molecular complexity index is 307. The van der Waals surface area contributed by atoms with Gasteiger partial charge in [0.25, 0.3) is 0 Å². The first kappa shape index (κ1) is 11.8. The topological polar surface area (TPSA) is 46.9 Å². The van der Waals surface area contributed by atoms with Gasteiger partial charge in [-0.2, -0.15) is 5.10 Å². The van der Waals surface area contributed by atoms with Crippen LogP contribution < -0.4 is 5.32 Å². The molecule has 1 aromatic rings. The van der Waals surface area contributed by atoms with Crippen molar-refractivity contribution in [2.75, 3.05) is 6.54 Å². The van der Waals surface area contributed by atoms with Gasteiger partial charge < -0.3 is 5.32 Å². The fourth-order valence-corrected chi connectivity index (χ4v) is 1.33. The first-order chi connectivity index (χ1) is 7.24. The van der Waals surface area contributed by atoms with Gasteiger partial charge in [-0.1, -0.05) is 13.3 Å². The molecule has 1 amide bonds. The molecule has 0 aromatic carbocycles. The maximum absolute atomic E-state index is 11.4. The van der Waals surface area contributed by atoms with E-state index in [4.69, 9.17) is 0 Å². The SMILES string of the molecule is CCCCNC(=O)CCn1nccc1C. The van der Waals surface area contributed by atoms with Crippen LogP contribution in [0.15, 0.2) is 12.3 Å². The maximum Gasteiger partial charge on any atom is 0.221 e. The molecule has 0 aliphatic heterocycles. The molecule has 0 atom stereocenters. The molecule has 1 rings (SSSR count). The number of nitrogens with one attached hydrogen (secondary N) is 1. The van der Waals surface area contributed by atoms with Crippen molar-refractivity contribution in [3.05, 3.63) is 18.0 Å². The number of aryl methyl sites for hydroxylation is 2. The van der Waals surface area contributed by atoms with Gasteiger partial charge in [0.1, 0.15) is 0 Å². The zero-order valence-electron chi connectivity index (χ0n) is 9.49. The third-order valence-corrected chi connectivity index (χ3v) is 2.33. The van der Waals surface area contributed by atoms with E-state index < -0.39 is 0 Å². The van der Waals surface area contributed by atoms with Gasteiger partial charge in [-0.25, -0.2) is 0 Å². The molecule has 1 aromatic heterocycles. The summed E-state index contributed by atoms with van der Waals surface area (Å²) in [5.74, 6) is 0.110. The largest absolute Gasteiger partial charge is 0.356 e. The number of aromatic nitrogens is 2. The molecule has 4 heteroatoms. The maximum atomic E-state index is 11.4. The number of hydrogen-bond acceptors (Lipinski definition) is 2. The highest BCUT2D eigenvalue weighted by atomic mass is 16.1. The van der Waals surface area contributed by atoms with Gasteiger partial charge in [0, 0.05) is 31.4 Å². The Labute approximate surface area is 90.7 Å². The van der Waals surface area contributed by atoms with Crippen molar-refractivity contribution in [3.8, 4) is 0 Å². The molecule has 0 radical (unpaired) electrons. The zero-order chi connectivity index (χ0) is 11.1. The van der Waals surface area contributed by atoms with Crippen LogP contribution in [0.5, 0.6) is 0 Å². The van der Waals surface area contributed by atoms with Crippen molar-refractivity contribution in [1.29, 1.82) is 0 Å². The minimum atomic E-state index is 0.110. The van der Waals surface area contributed by atoms with E-state index in [9.17, 15) is 4.79 Å². The van der Waals surface area contributed by atoms with Gasteiger partial charge in [-0.05, 0) is 19.4 Å². The fraction of sp³-hybridized carbons (Fsp3) is 0.636. The van der Waals surface area contributed by atoms with E-state index in [0.717, 1.165) is 25.1 Å². The number of unbranched alkanes of at least 4 members (excludes halogenated alkanes) is 1. The van der Waals surface area contributed by atoms with Crippen molar-refractivity contribution in [1.82, 2.24) is 15.1 Å². The molecule has 1 heterocycles. The highest BCUT2D eigenvalue weighted by Gasteiger charge is 2.02. The molecular weight excluding hydrogens is 190 g/mol. The third kappa shape index (κ3) is 4.14. The summed E-state index contributed by atoms with van der Waals surface area (Å²) in [5, 5.41) is 7.01. The van der Waals surface area contributed by atoms with Crippen LogP contribution in [0.4, 0.5) is 0 Å². The minimum Gasteiger partial charge on any atom is -0.356 e. The zero-order valence-corrected chi connectivity index (χ0v) is 9.49. The van der Waals surface area contributed by atoms with Crippen molar-refractivity contribution in [3.63, 3.8) is 0 Å². The second kappa shape index (κ2) is 6.22. The second-order valence-corrected chi connectivity index (χ2v) is 3.65. The van der Waals surface area contributed by atoms with E-state index in [2.05, 4.69) is 17.3 Å². The molecule has 0 unspecified atom stereocenters. The monoisotopic (exact) mass is 209 g/mol. The highest BCUT2D eigenvalue weighted by Crippen LogP contribution is 1.97. The second-order valence-electron chi connectivity index (χ2n) is 3.65. The number of carbonyl (C=O) groups excluding carboxylic acids is 1. The Morgan fingerprint density at radius 3 is 3.00 bits per heavy atom. The van der Waals surface area contributed by atoms with Gasteiger partial charge in [0.2, 0.25) is 5.91 Å². The van der Waals surface area contributed by atoms with Gasteiger partial charge in [-0.3, -0.25) is 9.48 Å². The lowest BCUT2D eigenvalue weighted by molar-refractivity contribution is -0.121. The van der Waals surface area contributed by atoms with Crippen LogP contribution in [0.1, 0.15) is 31.9 Å². The normalized spacial score (nSPS) is 10.3. The number of nitrogens with zero attached hydrogens (tertiary/aromatic N) is 2. The lowest BCUT2D eigenvalue weighted by Crippen LogP contribution is -2.25. The van der Waals surface area contributed by atoms with Gasteiger partial charge in [0.05, 0.1) is 0 Å². The summed E-state index contributed by atoms with van der Waals surface area (Å²) in [6.45, 7) is 5.55. The quantitative estimate of drug-likeness (QED) is 0.722. The van der Waals surface area contributed by atoms with Crippen molar-refractivity contribution >= 4 is 5.91 Å². The summed E-state index contributed by atoms with van der Waals surface area (Å²) in [4.78, 5) is 11.4. The summed E-state index contributed by atoms with van der Waals surface area (Å²) < 4.78 is 1.85. The van der Waals surface area contributed by atoms with Gasteiger partial charge in [0.15, 0.2) is 0 Å². The van der Waals surface area contributed by atoms with E-state index in [1.54, 1.807) is 6.20 Å². The molecule has 0 spiro atoms. The van der Waals surface area contributed by atoms with Crippen LogP contribution in [0.25, 0.3) is 0 Å². The average Bonchev–Trinajstić information content (AvgIpc) is 2.61. The van der Waals surface area contributed by atoms with E-state index in [-0.39, 0.29) is 5.91 Å². The average molecular weight is 209 g/mol. The summed E-state index contributed by atoms with van der Waals surface area (Å²) in [7, 11) is 0. The molecule has 84 valence electrons. The van der Waals surface area contributed by atoms with Crippen molar-refractivity contribution in [2.45, 2.75) is 39.7 Å². The Kier molecular flexibility index (Phi) is 4.87. The Balaban J connectivity index is 2.20. The summed E-state index contributed by atoms with van der Waals surface area (Å²) in [6.07, 6.45) is 4.42. The first-order valence-corrected chi connectivity index (χ1v) is 5.49.